The highest BCUT2D eigenvalue weighted by atomic mass is 32.2. The third-order valence-electron chi connectivity index (χ3n) is 2.04. The van der Waals surface area contributed by atoms with Crippen LogP contribution in [0.1, 0.15) is 11.1 Å². The monoisotopic (exact) mass is 210 g/mol. The number of carboxylic acid groups (broad SMARTS) is 1. The number of thioether (sulfide) groups is 1. The lowest BCUT2D eigenvalue weighted by atomic mass is 10.3. The normalized spacial score (nSPS) is 26.3. The molecule has 0 spiro atoms. The summed E-state index contributed by atoms with van der Waals surface area (Å²) in [7, 11) is 0. The number of aromatic nitrogens is 1. The summed E-state index contributed by atoms with van der Waals surface area (Å²) in [4.78, 5) is 14.9. The standard InChI is InChI=1S/C9H10N2O2S/c12-9(13)7-5-14-8(11-7)6-3-1-2-4-10-6/h1-4,7-8,11H,5H2,(H,12,13)/t7-,8-/m1/s1. The van der Waals surface area contributed by atoms with Crippen LogP contribution in [0.2, 0.25) is 0 Å². The number of carboxylic acids is 1. The molecular weight excluding hydrogens is 200 g/mol. The molecule has 0 unspecified atom stereocenters. The van der Waals surface area contributed by atoms with E-state index < -0.39 is 12.0 Å². The summed E-state index contributed by atoms with van der Waals surface area (Å²) in [6, 6.07) is 5.19. The van der Waals surface area contributed by atoms with E-state index in [1.165, 1.54) is 0 Å². The van der Waals surface area contributed by atoms with Gasteiger partial charge in [-0.1, -0.05) is 6.07 Å². The van der Waals surface area contributed by atoms with Gasteiger partial charge in [-0.3, -0.25) is 15.1 Å². The summed E-state index contributed by atoms with van der Waals surface area (Å²) < 4.78 is 0. The van der Waals surface area contributed by atoms with Gasteiger partial charge in [0.15, 0.2) is 0 Å². The van der Waals surface area contributed by atoms with Gasteiger partial charge in [-0.2, -0.15) is 0 Å². The molecule has 1 aliphatic heterocycles. The van der Waals surface area contributed by atoms with Gasteiger partial charge in [-0.05, 0) is 12.1 Å². The van der Waals surface area contributed by atoms with Crippen molar-refractivity contribution in [3.8, 4) is 0 Å². The van der Waals surface area contributed by atoms with Crippen LogP contribution in [-0.4, -0.2) is 27.9 Å². The van der Waals surface area contributed by atoms with Crippen LogP contribution < -0.4 is 5.32 Å². The van der Waals surface area contributed by atoms with Gasteiger partial charge in [0, 0.05) is 11.9 Å². The quantitative estimate of drug-likeness (QED) is 0.758. The fourth-order valence-corrected chi connectivity index (χ4v) is 2.51. The second-order valence-corrected chi connectivity index (χ2v) is 4.16. The Morgan fingerprint density at radius 1 is 1.64 bits per heavy atom. The topological polar surface area (TPSA) is 62.2 Å². The number of hydrogen-bond donors (Lipinski definition) is 2. The van der Waals surface area contributed by atoms with E-state index >= 15 is 0 Å². The maximum Gasteiger partial charge on any atom is 0.321 e. The SMILES string of the molecule is O=C(O)[C@H]1CS[C@H](c2ccccn2)N1. The van der Waals surface area contributed by atoms with E-state index in [4.69, 9.17) is 5.11 Å². The van der Waals surface area contributed by atoms with E-state index in [-0.39, 0.29) is 5.37 Å². The Morgan fingerprint density at radius 3 is 3.07 bits per heavy atom. The van der Waals surface area contributed by atoms with E-state index in [0.717, 1.165) is 5.69 Å². The van der Waals surface area contributed by atoms with Crippen molar-refractivity contribution in [1.29, 1.82) is 0 Å². The molecule has 1 saturated heterocycles. The Hall–Kier alpha value is -1.07. The van der Waals surface area contributed by atoms with Gasteiger partial charge in [-0.15, -0.1) is 11.8 Å². The molecule has 0 aromatic carbocycles. The predicted octanol–water partition coefficient (Wildman–Crippen LogP) is 0.870. The van der Waals surface area contributed by atoms with Crippen molar-refractivity contribution in [2.24, 2.45) is 0 Å². The molecule has 0 aliphatic carbocycles. The van der Waals surface area contributed by atoms with Gasteiger partial charge >= 0.3 is 5.97 Å². The van der Waals surface area contributed by atoms with Crippen LogP contribution in [-0.2, 0) is 4.79 Å². The van der Waals surface area contributed by atoms with Gasteiger partial charge in [0.2, 0.25) is 0 Å². The molecule has 14 heavy (non-hydrogen) atoms. The highest BCUT2D eigenvalue weighted by molar-refractivity contribution is 7.99. The maximum atomic E-state index is 10.7. The molecule has 0 bridgehead atoms. The molecule has 1 aromatic rings. The molecule has 4 nitrogen and oxygen atoms in total. The van der Waals surface area contributed by atoms with Crippen molar-refractivity contribution in [1.82, 2.24) is 10.3 Å². The summed E-state index contributed by atoms with van der Waals surface area (Å²) in [5, 5.41) is 11.8. The van der Waals surface area contributed by atoms with E-state index in [9.17, 15) is 4.79 Å². The van der Waals surface area contributed by atoms with Crippen molar-refractivity contribution in [3.63, 3.8) is 0 Å². The number of carbonyl (C=O) groups is 1. The van der Waals surface area contributed by atoms with Crippen LogP contribution >= 0.6 is 11.8 Å². The van der Waals surface area contributed by atoms with Gasteiger partial charge < -0.3 is 5.11 Å². The first-order valence-electron chi connectivity index (χ1n) is 4.29. The van der Waals surface area contributed by atoms with Crippen molar-refractivity contribution >= 4 is 17.7 Å². The lowest BCUT2D eigenvalue weighted by molar-refractivity contribution is -0.138. The third-order valence-corrected chi connectivity index (χ3v) is 3.27. The molecule has 1 aromatic heterocycles. The zero-order valence-electron chi connectivity index (χ0n) is 7.38. The van der Waals surface area contributed by atoms with Gasteiger partial charge in [-0.25, -0.2) is 0 Å². The highest BCUT2D eigenvalue weighted by Gasteiger charge is 2.30. The van der Waals surface area contributed by atoms with Crippen LogP contribution in [0.4, 0.5) is 0 Å². The zero-order chi connectivity index (χ0) is 9.97. The smallest absolute Gasteiger partial charge is 0.321 e. The largest absolute Gasteiger partial charge is 0.480 e. The second kappa shape index (κ2) is 3.98. The van der Waals surface area contributed by atoms with Crippen molar-refractivity contribution in [2.75, 3.05) is 5.75 Å². The first kappa shape index (κ1) is 9.48. The van der Waals surface area contributed by atoms with Crippen LogP contribution in [0.3, 0.4) is 0 Å². The number of aliphatic carboxylic acids is 1. The van der Waals surface area contributed by atoms with Crippen molar-refractivity contribution < 1.29 is 9.90 Å². The number of rotatable bonds is 2. The molecule has 2 N–H and O–H groups in total. The predicted molar refractivity (Wildman–Crippen MR) is 54.0 cm³/mol. The number of hydrogen-bond acceptors (Lipinski definition) is 4. The molecule has 5 heteroatoms. The molecule has 0 saturated carbocycles. The Labute approximate surface area is 85.7 Å². The average molecular weight is 210 g/mol. The van der Waals surface area contributed by atoms with Crippen LogP contribution in [0, 0.1) is 0 Å². The Bertz CT molecular complexity index is 331. The number of nitrogens with zero attached hydrogens (tertiary/aromatic N) is 1. The summed E-state index contributed by atoms with van der Waals surface area (Å²) in [5.41, 5.74) is 0.890. The lowest BCUT2D eigenvalue weighted by Crippen LogP contribution is -2.33. The molecule has 2 atom stereocenters. The maximum absolute atomic E-state index is 10.7. The van der Waals surface area contributed by atoms with Crippen molar-refractivity contribution in [2.45, 2.75) is 11.4 Å². The van der Waals surface area contributed by atoms with E-state index in [2.05, 4.69) is 10.3 Å². The lowest BCUT2D eigenvalue weighted by Gasteiger charge is -2.09. The Morgan fingerprint density at radius 2 is 2.50 bits per heavy atom. The van der Waals surface area contributed by atoms with Crippen LogP contribution in [0.25, 0.3) is 0 Å². The number of nitrogens with one attached hydrogen (secondary N) is 1. The average Bonchev–Trinajstić information content (AvgIpc) is 2.68. The summed E-state index contributed by atoms with van der Waals surface area (Å²) >= 11 is 1.58. The molecular formula is C9H10N2O2S. The fourth-order valence-electron chi connectivity index (χ4n) is 1.32. The molecule has 2 rings (SSSR count). The third kappa shape index (κ3) is 1.88. The highest BCUT2D eigenvalue weighted by Crippen LogP contribution is 2.31. The van der Waals surface area contributed by atoms with Crippen LogP contribution in [0.15, 0.2) is 24.4 Å². The summed E-state index contributed by atoms with van der Waals surface area (Å²) in [5.74, 6) is -0.202. The van der Waals surface area contributed by atoms with Crippen LogP contribution in [0.5, 0.6) is 0 Å². The fraction of sp³-hybridized carbons (Fsp3) is 0.333. The molecule has 0 radical (unpaired) electrons. The number of pyridine rings is 1. The van der Waals surface area contributed by atoms with E-state index in [0.29, 0.717) is 5.75 Å². The van der Waals surface area contributed by atoms with E-state index in [1.54, 1.807) is 18.0 Å². The van der Waals surface area contributed by atoms with E-state index in [1.807, 2.05) is 18.2 Å². The van der Waals surface area contributed by atoms with Gasteiger partial charge in [0.25, 0.3) is 0 Å². The van der Waals surface area contributed by atoms with Crippen molar-refractivity contribution in [3.05, 3.63) is 30.1 Å². The Kier molecular flexibility index (Phi) is 2.69. The second-order valence-electron chi connectivity index (χ2n) is 3.03. The molecule has 1 fully saturated rings. The van der Waals surface area contributed by atoms with Gasteiger partial charge in [0.05, 0.1) is 11.1 Å². The first-order chi connectivity index (χ1) is 6.77. The molecule has 74 valence electrons. The van der Waals surface area contributed by atoms with Gasteiger partial charge in [0.1, 0.15) is 6.04 Å². The summed E-state index contributed by atoms with van der Waals surface area (Å²) in [6.07, 6.45) is 1.71. The molecule has 0 amide bonds. The minimum atomic E-state index is -0.795. The minimum absolute atomic E-state index is 0.0114. The molecule has 2 heterocycles. The first-order valence-corrected chi connectivity index (χ1v) is 5.33. The Balaban J connectivity index is 2.06. The summed E-state index contributed by atoms with van der Waals surface area (Å²) in [6.45, 7) is 0. The molecule has 1 aliphatic rings. The minimum Gasteiger partial charge on any atom is -0.480 e. The zero-order valence-corrected chi connectivity index (χ0v) is 8.20.